The highest BCUT2D eigenvalue weighted by molar-refractivity contribution is 7.80. The molecule has 1 aliphatic rings. The number of hydrogen-bond donors (Lipinski definition) is 2. The predicted octanol–water partition coefficient (Wildman–Crippen LogP) is 0.446. The molecule has 0 spiro atoms. The van der Waals surface area contributed by atoms with E-state index in [2.05, 4.69) is 10.6 Å². The van der Waals surface area contributed by atoms with Crippen molar-refractivity contribution in [2.45, 2.75) is 33.0 Å². The molecule has 1 rings (SSSR count). The maximum absolute atomic E-state index is 11.3. The topological polar surface area (TPSA) is 41.1 Å². The van der Waals surface area contributed by atoms with Gasteiger partial charge in [-0.05, 0) is 18.7 Å². The Kier molecular flexibility index (Phi) is 2.80. The Bertz CT molecular complexity index is 217. The number of nitrogens with one attached hydrogen (secondary N) is 2. The summed E-state index contributed by atoms with van der Waals surface area (Å²) >= 11 is 5.03. The van der Waals surface area contributed by atoms with Crippen molar-refractivity contribution in [1.29, 1.82) is 0 Å². The van der Waals surface area contributed by atoms with Crippen LogP contribution >= 0.6 is 12.2 Å². The standard InChI is InChI=1S/C8H14N2OS/c1-4(5(2)12)7-8(11)10-6(3)9-7/h4,6-7,9H,1-3H3,(H,10,11). The van der Waals surface area contributed by atoms with Crippen LogP contribution in [0.15, 0.2) is 0 Å². The summed E-state index contributed by atoms with van der Waals surface area (Å²) < 4.78 is 0. The second kappa shape index (κ2) is 3.49. The van der Waals surface area contributed by atoms with E-state index in [4.69, 9.17) is 12.2 Å². The van der Waals surface area contributed by atoms with E-state index >= 15 is 0 Å². The van der Waals surface area contributed by atoms with Crippen molar-refractivity contribution >= 4 is 23.0 Å². The maximum atomic E-state index is 11.3. The number of rotatable bonds is 2. The number of carbonyl (C=O) groups excluding carboxylic acids is 1. The van der Waals surface area contributed by atoms with Gasteiger partial charge in [-0.15, -0.1) is 0 Å². The van der Waals surface area contributed by atoms with E-state index in [9.17, 15) is 4.79 Å². The third-order valence-corrected chi connectivity index (χ3v) is 2.58. The largest absolute Gasteiger partial charge is 0.340 e. The Morgan fingerprint density at radius 3 is 2.58 bits per heavy atom. The van der Waals surface area contributed by atoms with Gasteiger partial charge in [0.2, 0.25) is 5.91 Å². The Balaban J connectivity index is 2.64. The van der Waals surface area contributed by atoms with Crippen molar-refractivity contribution in [2.24, 2.45) is 5.92 Å². The molecule has 3 atom stereocenters. The summed E-state index contributed by atoms with van der Waals surface area (Å²) in [5, 5.41) is 5.93. The summed E-state index contributed by atoms with van der Waals surface area (Å²) in [5.41, 5.74) is 0. The Labute approximate surface area is 77.9 Å². The highest BCUT2D eigenvalue weighted by Gasteiger charge is 2.33. The van der Waals surface area contributed by atoms with Crippen molar-refractivity contribution in [3.63, 3.8) is 0 Å². The minimum atomic E-state index is -0.141. The quantitative estimate of drug-likeness (QED) is 0.615. The molecule has 0 aromatic rings. The lowest BCUT2D eigenvalue weighted by Crippen LogP contribution is -2.38. The molecule has 4 heteroatoms. The lowest BCUT2D eigenvalue weighted by Gasteiger charge is -2.15. The summed E-state index contributed by atoms with van der Waals surface area (Å²) in [6, 6.07) is -0.141. The third-order valence-electron chi connectivity index (χ3n) is 2.21. The van der Waals surface area contributed by atoms with Crippen LogP contribution in [0.25, 0.3) is 0 Å². The van der Waals surface area contributed by atoms with Gasteiger partial charge in [0.25, 0.3) is 0 Å². The number of hydrogen-bond acceptors (Lipinski definition) is 3. The summed E-state index contributed by atoms with van der Waals surface area (Å²) in [6.07, 6.45) is 0.0688. The van der Waals surface area contributed by atoms with E-state index in [1.165, 1.54) is 0 Å². The van der Waals surface area contributed by atoms with Crippen molar-refractivity contribution in [1.82, 2.24) is 10.6 Å². The molecule has 0 saturated carbocycles. The zero-order valence-electron chi connectivity index (χ0n) is 7.55. The van der Waals surface area contributed by atoms with Crippen molar-refractivity contribution in [3.05, 3.63) is 0 Å². The van der Waals surface area contributed by atoms with Crippen molar-refractivity contribution in [2.75, 3.05) is 0 Å². The van der Waals surface area contributed by atoms with E-state index in [0.717, 1.165) is 4.86 Å². The minimum Gasteiger partial charge on any atom is -0.340 e. The fourth-order valence-electron chi connectivity index (χ4n) is 1.30. The normalized spacial score (nSPS) is 31.4. The van der Waals surface area contributed by atoms with Gasteiger partial charge in [-0.25, -0.2) is 0 Å². The van der Waals surface area contributed by atoms with E-state index in [0.29, 0.717) is 0 Å². The Morgan fingerprint density at radius 1 is 1.67 bits per heavy atom. The lowest BCUT2D eigenvalue weighted by molar-refractivity contribution is -0.121. The summed E-state index contributed by atoms with van der Waals surface area (Å²) in [4.78, 5) is 12.2. The molecule has 0 radical (unpaired) electrons. The van der Waals surface area contributed by atoms with Gasteiger partial charge in [-0.3, -0.25) is 10.1 Å². The van der Waals surface area contributed by atoms with Gasteiger partial charge in [0.1, 0.15) is 0 Å². The second-order valence-corrected chi connectivity index (χ2v) is 3.92. The Hall–Kier alpha value is -0.480. The summed E-state index contributed by atoms with van der Waals surface area (Å²) in [6.45, 7) is 5.76. The van der Waals surface area contributed by atoms with E-state index < -0.39 is 0 Å². The van der Waals surface area contributed by atoms with E-state index in [-0.39, 0.29) is 24.0 Å². The first kappa shape index (κ1) is 9.61. The van der Waals surface area contributed by atoms with Crippen LogP contribution in [0.5, 0.6) is 0 Å². The third kappa shape index (κ3) is 1.81. The van der Waals surface area contributed by atoms with E-state index in [1.807, 2.05) is 20.8 Å². The molecular weight excluding hydrogens is 172 g/mol. The van der Waals surface area contributed by atoms with Gasteiger partial charge in [0, 0.05) is 5.92 Å². The molecule has 1 heterocycles. The van der Waals surface area contributed by atoms with Crippen LogP contribution in [0.2, 0.25) is 0 Å². The summed E-state index contributed by atoms with van der Waals surface area (Å²) in [7, 11) is 0. The van der Waals surface area contributed by atoms with Gasteiger partial charge in [0.05, 0.1) is 12.2 Å². The highest BCUT2D eigenvalue weighted by Crippen LogP contribution is 2.10. The van der Waals surface area contributed by atoms with Gasteiger partial charge < -0.3 is 5.32 Å². The molecule has 68 valence electrons. The molecule has 3 nitrogen and oxygen atoms in total. The van der Waals surface area contributed by atoms with Crippen LogP contribution in [0, 0.1) is 5.92 Å². The molecule has 2 N–H and O–H groups in total. The van der Waals surface area contributed by atoms with Crippen molar-refractivity contribution < 1.29 is 4.79 Å². The minimum absolute atomic E-state index is 0.0548. The molecule has 12 heavy (non-hydrogen) atoms. The average molecular weight is 186 g/mol. The van der Waals surface area contributed by atoms with Crippen LogP contribution in [0.3, 0.4) is 0 Å². The van der Waals surface area contributed by atoms with Crippen LogP contribution in [0.4, 0.5) is 0 Å². The second-order valence-electron chi connectivity index (χ2n) is 3.27. The molecule has 1 saturated heterocycles. The van der Waals surface area contributed by atoms with Crippen LogP contribution < -0.4 is 10.6 Å². The van der Waals surface area contributed by atoms with Crippen molar-refractivity contribution in [3.8, 4) is 0 Å². The highest BCUT2D eigenvalue weighted by atomic mass is 32.1. The van der Waals surface area contributed by atoms with Gasteiger partial charge in [-0.2, -0.15) is 0 Å². The number of carbonyl (C=O) groups is 1. The predicted molar refractivity (Wildman–Crippen MR) is 52.0 cm³/mol. The number of amides is 1. The van der Waals surface area contributed by atoms with Crippen LogP contribution in [-0.4, -0.2) is 23.0 Å². The fraction of sp³-hybridized carbons (Fsp3) is 0.750. The average Bonchev–Trinajstić information content (AvgIpc) is 2.28. The van der Waals surface area contributed by atoms with Gasteiger partial charge in [-0.1, -0.05) is 19.1 Å². The first-order valence-electron chi connectivity index (χ1n) is 4.09. The monoisotopic (exact) mass is 186 g/mol. The molecule has 3 unspecified atom stereocenters. The molecule has 0 aliphatic carbocycles. The fourth-order valence-corrected chi connectivity index (χ4v) is 1.43. The zero-order chi connectivity index (χ0) is 9.30. The molecule has 1 aliphatic heterocycles. The first-order chi connectivity index (χ1) is 5.52. The molecule has 1 fully saturated rings. The Morgan fingerprint density at radius 2 is 2.25 bits per heavy atom. The molecule has 0 bridgehead atoms. The van der Waals surface area contributed by atoms with E-state index in [1.54, 1.807) is 0 Å². The van der Waals surface area contributed by atoms with Gasteiger partial charge >= 0.3 is 0 Å². The van der Waals surface area contributed by atoms with Crippen LogP contribution in [0.1, 0.15) is 20.8 Å². The molecule has 0 aromatic carbocycles. The molecular formula is C8H14N2OS. The zero-order valence-corrected chi connectivity index (χ0v) is 8.37. The smallest absolute Gasteiger partial charge is 0.239 e. The first-order valence-corrected chi connectivity index (χ1v) is 4.50. The summed E-state index contributed by atoms with van der Waals surface area (Å²) in [5.74, 6) is 0.184. The SMILES string of the molecule is CC(=S)C(C)C1NC(C)NC1=O. The molecule has 0 aromatic heterocycles. The van der Waals surface area contributed by atoms with Crippen LogP contribution in [-0.2, 0) is 4.79 Å². The maximum Gasteiger partial charge on any atom is 0.239 e. The van der Waals surface area contributed by atoms with Gasteiger partial charge in [0.15, 0.2) is 0 Å². The molecule has 1 amide bonds. The number of thiocarbonyl (C=S) groups is 1. The lowest BCUT2D eigenvalue weighted by atomic mass is 9.99.